The van der Waals surface area contributed by atoms with E-state index in [0.717, 1.165) is 17.7 Å². The van der Waals surface area contributed by atoms with Gasteiger partial charge in [0.15, 0.2) is 0 Å². The monoisotopic (exact) mass is 171 g/mol. The summed E-state index contributed by atoms with van der Waals surface area (Å²) < 4.78 is 5.09. The molecule has 1 rings (SSSR count). The van der Waals surface area contributed by atoms with Gasteiger partial charge in [0.1, 0.15) is 10.9 Å². The molecule has 0 N–H and O–H groups in total. The Morgan fingerprint density at radius 2 is 2.36 bits per heavy atom. The van der Waals surface area contributed by atoms with Gasteiger partial charge in [-0.15, -0.1) is 0 Å². The molecule has 2 nitrogen and oxygen atoms in total. The number of methoxy groups -OCH3 is 1. The summed E-state index contributed by atoms with van der Waals surface area (Å²) in [6, 6.07) is 1.72. The molecule has 3 heteroatoms. The number of ether oxygens (including phenoxy) is 1. The van der Waals surface area contributed by atoms with Crippen molar-refractivity contribution in [3.8, 4) is 5.75 Å². The van der Waals surface area contributed by atoms with Gasteiger partial charge in [-0.05, 0) is 6.42 Å². The minimum atomic E-state index is 0.471. The number of nitrogens with zero attached hydrogens (tertiary/aromatic N) is 1. The van der Waals surface area contributed by atoms with Crippen molar-refractivity contribution in [1.82, 2.24) is 4.98 Å². The number of hydrogen-bond donors (Lipinski definition) is 0. The summed E-state index contributed by atoms with van der Waals surface area (Å²) in [6.45, 7) is 2.05. The molecule has 0 saturated carbocycles. The molecule has 0 aromatic carbocycles. The molecule has 60 valence electrons. The van der Waals surface area contributed by atoms with Gasteiger partial charge < -0.3 is 4.74 Å². The fourth-order valence-electron chi connectivity index (χ4n) is 0.897. The fraction of sp³-hybridized carbons (Fsp3) is 0.375. The van der Waals surface area contributed by atoms with E-state index in [9.17, 15) is 0 Å². The van der Waals surface area contributed by atoms with Crippen LogP contribution in [0.3, 0.4) is 0 Å². The number of halogens is 1. The zero-order valence-corrected chi connectivity index (χ0v) is 7.35. The van der Waals surface area contributed by atoms with Crippen LogP contribution in [-0.2, 0) is 6.42 Å². The van der Waals surface area contributed by atoms with Crippen molar-refractivity contribution in [3.63, 3.8) is 0 Å². The molecule has 11 heavy (non-hydrogen) atoms. The van der Waals surface area contributed by atoms with Crippen molar-refractivity contribution in [2.24, 2.45) is 0 Å². The third kappa shape index (κ3) is 1.84. The second kappa shape index (κ2) is 3.58. The molecule has 1 aromatic heterocycles. The van der Waals surface area contributed by atoms with Crippen molar-refractivity contribution in [3.05, 3.63) is 23.0 Å². The highest BCUT2D eigenvalue weighted by molar-refractivity contribution is 6.29. The predicted molar refractivity (Wildman–Crippen MR) is 45.2 cm³/mol. The number of hydrogen-bond acceptors (Lipinski definition) is 2. The highest BCUT2D eigenvalue weighted by Gasteiger charge is 2.01. The molecular formula is C8H10ClNO. The van der Waals surface area contributed by atoms with Crippen molar-refractivity contribution >= 4 is 11.6 Å². The lowest BCUT2D eigenvalue weighted by atomic mass is 10.2. The number of aromatic nitrogens is 1. The molecular weight excluding hydrogens is 162 g/mol. The SMILES string of the molecule is CCc1cnc(Cl)cc1OC. The Labute approximate surface area is 71.2 Å². The van der Waals surface area contributed by atoms with Gasteiger partial charge in [0.25, 0.3) is 0 Å². The highest BCUT2D eigenvalue weighted by atomic mass is 35.5. The standard InChI is InChI=1S/C8H10ClNO/c1-3-6-5-10-8(9)4-7(6)11-2/h4-5H,3H2,1-2H3. The zero-order chi connectivity index (χ0) is 8.27. The van der Waals surface area contributed by atoms with Crippen LogP contribution in [-0.4, -0.2) is 12.1 Å². The normalized spacial score (nSPS) is 9.73. The van der Waals surface area contributed by atoms with Gasteiger partial charge in [0.05, 0.1) is 7.11 Å². The smallest absolute Gasteiger partial charge is 0.132 e. The van der Waals surface area contributed by atoms with Crippen molar-refractivity contribution in [2.75, 3.05) is 7.11 Å². The summed E-state index contributed by atoms with van der Waals surface area (Å²) in [6.07, 6.45) is 2.65. The zero-order valence-electron chi connectivity index (χ0n) is 6.60. The van der Waals surface area contributed by atoms with Crippen LogP contribution in [0.15, 0.2) is 12.3 Å². The van der Waals surface area contributed by atoms with Crippen LogP contribution >= 0.6 is 11.6 Å². The van der Waals surface area contributed by atoms with Crippen LogP contribution in [0.1, 0.15) is 12.5 Å². The largest absolute Gasteiger partial charge is 0.496 e. The van der Waals surface area contributed by atoms with Crippen LogP contribution in [0.2, 0.25) is 5.15 Å². The summed E-state index contributed by atoms with van der Waals surface area (Å²) in [5.41, 5.74) is 1.08. The average molecular weight is 172 g/mol. The predicted octanol–water partition coefficient (Wildman–Crippen LogP) is 2.31. The summed E-state index contributed by atoms with van der Waals surface area (Å²) >= 11 is 5.66. The Kier molecular flexibility index (Phi) is 2.71. The third-order valence-electron chi connectivity index (χ3n) is 1.51. The Hall–Kier alpha value is -0.760. The summed E-state index contributed by atoms with van der Waals surface area (Å²) in [7, 11) is 1.63. The van der Waals surface area contributed by atoms with Gasteiger partial charge >= 0.3 is 0 Å². The second-order valence-corrected chi connectivity index (χ2v) is 2.56. The van der Waals surface area contributed by atoms with Gasteiger partial charge in [0, 0.05) is 17.8 Å². The third-order valence-corrected chi connectivity index (χ3v) is 1.72. The number of pyridine rings is 1. The summed E-state index contributed by atoms with van der Waals surface area (Å²) in [4.78, 5) is 3.94. The van der Waals surface area contributed by atoms with E-state index in [1.54, 1.807) is 19.4 Å². The molecule has 0 radical (unpaired) electrons. The van der Waals surface area contributed by atoms with Gasteiger partial charge in [-0.2, -0.15) is 0 Å². The fourth-order valence-corrected chi connectivity index (χ4v) is 1.04. The highest BCUT2D eigenvalue weighted by Crippen LogP contribution is 2.20. The molecule has 1 aromatic rings. The molecule has 0 aliphatic rings. The van der Waals surface area contributed by atoms with E-state index in [1.165, 1.54) is 0 Å². The first kappa shape index (κ1) is 8.34. The second-order valence-electron chi connectivity index (χ2n) is 2.17. The average Bonchev–Trinajstić information content (AvgIpc) is 2.04. The lowest BCUT2D eigenvalue weighted by Crippen LogP contribution is -1.91. The Balaban J connectivity index is 3.06. The van der Waals surface area contributed by atoms with Crippen LogP contribution < -0.4 is 4.74 Å². The Bertz CT molecular complexity index is 250. The maximum atomic E-state index is 5.66. The molecule has 1 heterocycles. The maximum Gasteiger partial charge on any atom is 0.132 e. The van der Waals surface area contributed by atoms with E-state index in [4.69, 9.17) is 16.3 Å². The van der Waals surface area contributed by atoms with Gasteiger partial charge in [-0.3, -0.25) is 0 Å². The van der Waals surface area contributed by atoms with E-state index < -0.39 is 0 Å². The van der Waals surface area contributed by atoms with E-state index in [-0.39, 0.29) is 0 Å². The van der Waals surface area contributed by atoms with Crippen LogP contribution in [0.25, 0.3) is 0 Å². The molecule has 0 saturated heterocycles. The van der Waals surface area contributed by atoms with Crippen molar-refractivity contribution < 1.29 is 4.74 Å². The van der Waals surface area contributed by atoms with Crippen LogP contribution in [0.5, 0.6) is 5.75 Å². The quantitative estimate of drug-likeness (QED) is 0.638. The first-order chi connectivity index (χ1) is 5.27. The van der Waals surface area contributed by atoms with Crippen LogP contribution in [0, 0.1) is 0 Å². The van der Waals surface area contributed by atoms with Crippen LogP contribution in [0.4, 0.5) is 0 Å². The lowest BCUT2D eigenvalue weighted by Gasteiger charge is -2.04. The summed E-state index contributed by atoms with van der Waals surface area (Å²) in [5, 5.41) is 0.471. The lowest BCUT2D eigenvalue weighted by molar-refractivity contribution is 0.409. The Morgan fingerprint density at radius 3 is 2.91 bits per heavy atom. The first-order valence-corrected chi connectivity index (χ1v) is 3.84. The first-order valence-electron chi connectivity index (χ1n) is 3.46. The minimum absolute atomic E-state index is 0.471. The van der Waals surface area contributed by atoms with Gasteiger partial charge in [0.2, 0.25) is 0 Å². The van der Waals surface area contributed by atoms with Gasteiger partial charge in [-0.1, -0.05) is 18.5 Å². The number of rotatable bonds is 2. The number of aryl methyl sites for hydroxylation is 1. The molecule has 0 amide bonds. The van der Waals surface area contributed by atoms with E-state index in [1.807, 2.05) is 6.92 Å². The molecule has 0 spiro atoms. The minimum Gasteiger partial charge on any atom is -0.496 e. The molecule has 0 bridgehead atoms. The van der Waals surface area contributed by atoms with E-state index in [2.05, 4.69) is 4.98 Å². The molecule has 0 fully saturated rings. The Morgan fingerprint density at radius 1 is 1.64 bits per heavy atom. The van der Waals surface area contributed by atoms with Crippen molar-refractivity contribution in [1.29, 1.82) is 0 Å². The van der Waals surface area contributed by atoms with E-state index >= 15 is 0 Å². The summed E-state index contributed by atoms with van der Waals surface area (Å²) in [5.74, 6) is 0.813. The molecule has 0 aliphatic heterocycles. The molecule has 0 aliphatic carbocycles. The topological polar surface area (TPSA) is 22.1 Å². The molecule has 0 atom stereocenters. The van der Waals surface area contributed by atoms with Gasteiger partial charge in [-0.25, -0.2) is 4.98 Å². The van der Waals surface area contributed by atoms with Crippen molar-refractivity contribution in [2.45, 2.75) is 13.3 Å². The molecule has 0 unspecified atom stereocenters. The van der Waals surface area contributed by atoms with E-state index in [0.29, 0.717) is 5.15 Å². The maximum absolute atomic E-state index is 5.66.